The SMILES string of the molecule is C#CN=C(Nc1nnc(CC)o1)OC1CN2CCC1CC2. The molecule has 3 fully saturated rings. The van der Waals surface area contributed by atoms with Crippen LogP contribution in [0.4, 0.5) is 6.01 Å². The summed E-state index contributed by atoms with van der Waals surface area (Å²) in [5.74, 6) is 1.12. The van der Waals surface area contributed by atoms with Crippen LogP contribution in [0.2, 0.25) is 0 Å². The van der Waals surface area contributed by atoms with Gasteiger partial charge < -0.3 is 9.15 Å². The molecule has 1 N–H and O–H groups in total. The van der Waals surface area contributed by atoms with E-state index in [-0.39, 0.29) is 18.1 Å². The highest BCUT2D eigenvalue weighted by Crippen LogP contribution is 2.29. The van der Waals surface area contributed by atoms with Gasteiger partial charge in [-0.1, -0.05) is 18.4 Å². The number of terminal acetylenes is 1. The fourth-order valence-electron chi connectivity index (χ4n) is 2.87. The van der Waals surface area contributed by atoms with Crippen molar-refractivity contribution in [3.63, 3.8) is 0 Å². The van der Waals surface area contributed by atoms with Gasteiger partial charge in [-0.05, 0) is 31.8 Å². The van der Waals surface area contributed by atoms with Crippen molar-refractivity contribution in [2.45, 2.75) is 32.3 Å². The van der Waals surface area contributed by atoms with Gasteiger partial charge in [-0.2, -0.15) is 0 Å². The van der Waals surface area contributed by atoms with E-state index in [1.165, 1.54) is 0 Å². The zero-order valence-corrected chi connectivity index (χ0v) is 12.1. The number of nitrogens with zero attached hydrogens (tertiary/aromatic N) is 4. The molecular weight excluding hydrogens is 270 g/mol. The summed E-state index contributed by atoms with van der Waals surface area (Å²) in [6, 6.07) is 2.74. The first-order valence-electron chi connectivity index (χ1n) is 7.30. The Morgan fingerprint density at radius 2 is 2.33 bits per heavy atom. The molecule has 3 aliphatic heterocycles. The van der Waals surface area contributed by atoms with E-state index >= 15 is 0 Å². The van der Waals surface area contributed by atoms with E-state index in [9.17, 15) is 0 Å². The van der Waals surface area contributed by atoms with Crippen LogP contribution in [0.5, 0.6) is 0 Å². The molecule has 3 saturated heterocycles. The number of fused-ring (bicyclic) bond motifs is 3. The molecule has 7 heteroatoms. The van der Waals surface area contributed by atoms with Gasteiger partial charge in [0.05, 0.1) is 0 Å². The highest BCUT2D eigenvalue weighted by molar-refractivity contribution is 5.87. The zero-order valence-electron chi connectivity index (χ0n) is 12.1. The monoisotopic (exact) mass is 289 g/mol. The van der Waals surface area contributed by atoms with Crippen molar-refractivity contribution in [2.75, 3.05) is 25.0 Å². The summed E-state index contributed by atoms with van der Waals surface area (Å²) in [5, 5.41) is 10.6. The number of aromatic nitrogens is 2. The van der Waals surface area contributed by atoms with Crippen molar-refractivity contribution in [2.24, 2.45) is 10.9 Å². The van der Waals surface area contributed by atoms with Crippen molar-refractivity contribution in [1.82, 2.24) is 15.1 Å². The molecule has 21 heavy (non-hydrogen) atoms. The number of aryl methyl sites for hydroxylation is 1. The molecular formula is C14H19N5O2. The summed E-state index contributed by atoms with van der Waals surface area (Å²) in [6.07, 6.45) is 8.37. The summed E-state index contributed by atoms with van der Waals surface area (Å²) in [6.45, 7) is 5.17. The minimum Gasteiger partial charge on any atom is -0.459 e. The molecule has 0 aliphatic carbocycles. The smallest absolute Gasteiger partial charge is 0.323 e. The molecule has 4 rings (SSSR count). The maximum atomic E-state index is 5.94. The molecule has 0 spiro atoms. The molecule has 7 nitrogen and oxygen atoms in total. The molecule has 112 valence electrons. The first-order chi connectivity index (χ1) is 10.3. The molecule has 1 unspecified atom stereocenters. The molecule has 0 saturated carbocycles. The molecule has 3 aliphatic rings. The highest BCUT2D eigenvalue weighted by atomic mass is 16.5. The first kappa shape index (κ1) is 13.9. The molecule has 0 aromatic carbocycles. The van der Waals surface area contributed by atoms with Crippen LogP contribution in [0.1, 0.15) is 25.7 Å². The fourth-order valence-corrected chi connectivity index (χ4v) is 2.87. The van der Waals surface area contributed by atoms with Gasteiger partial charge >= 0.3 is 12.0 Å². The van der Waals surface area contributed by atoms with Crippen molar-refractivity contribution in [3.05, 3.63) is 5.89 Å². The molecule has 1 aromatic heterocycles. The van der Waals surface area contributed by atoms with Gasteiger partial charge in [0.2, 0.25) is 5.89 Å². The highest BCUT2D eigenvalue weighted by Gasteiger charge is 2.36. The van der Waals surface area contributed by atoms with E-state index < -0.39 is 0 Å². The summed E-state index contributed by atoms with van der Waals surface area (Å²) >= 11 is 0. The Balaban J connectivity index is 1.65. The minimum absolute atomic E-state index is 0.112. The Morgan fingerprint density at radius 3 is 2.90 bits per heavy atom. The number of hydrogen-bond donors (Lipinski definition) is 1. The predicted octanol–water partition coefficient (Wildman–Crippen LogP) is 1.10. The van der Waals surface area contributed by atoms with E-state index in [0.29, 0.717) is 18.2 Å². The van der Waals surface area contributed by atoms with Crippen LogP contribution in [0, 0.1) is 18.4 Å². The van der Waals surface area contributed by atoms with Crippen LogP contribution < -0.4 is 5.32 Å². The lowest BCUT2D eigenvalue weighted by molar-refractivity contribution is -0.0146. The normalized spacial score (nSPS) is 28.2. The summed E-state index contributed by atoms with van der Waals surface area (Å²) in [5.41, 5.74) is 0. The number of aliphatic imine (C=N–C) groups is 1. The molecule has 1 atom stereocenters. The average Bonchev–Trinajstić information content (AvgIpc) is 2.96. The third-order valence-electron chi connectivity index (χ3n) is 4.01. The number of amidine groups is 1. The van der Waals surface area contributed by atoms with E-state index in [4.69, 9.17) is 15.6 Å². The fraction of sp³-hybridized carbons (Fsp3) is 0.643. The van der Waals surface area contributed by atoms with Crippen molar-refractivity contribution >= 4 is 12.0 Å². The van der Waals surface area contributed by atoms with E-state index in [0.717, 1.165) is 32.5 Å². The number of hydrogen-bond acceptors (Lipinski definition) is 6. The van der Waals surface area contributed by atoms with E-state index in [2.05, 4.69) is 31.5 Å². The van der Waals surface area contributed by atoms with Gasteiger partial charge in [-0.25, -0.2) is 0 Å². The van der Waals surface area contributed by atoms with Crippen LogP contribution in [-0.4, -0.2) is 46.9 Å². The summed E-state index contributed by atoms with van der Waals surface area (Å²) in [4.78, 5) is 6.30. The second-order valence-corrected chi connectivity index (χ2v) is 5.32. The maximum Gasteiger partial charge on any atom is 0.323 e. The van der Waals surface area contributed by atoms with Gasteiger partial charge in [0.25, 0.3) is 0 Å². The van der Waals surface area contributed by atoms with Gasteiger partial charge in [-0.15, -0.1) is 10.1 Å². The Kier molecular flexibility index (Phi) is 4.06. The second-order valence-electron chi connectivity index (χ2n) is 5.32. The number of anilines is 1. The molecule has 4 heterocycles. The largest absolute Gasteiger partial charge is 0.459 e. The summed E-state index contributed by atoms with van der Waals surface area (Å²) in [7, 11) is 0. The van der Waals surface area contributed by atoms with Crippen molar-refractivity contribution < 1.29 is 9.15 Å². The topological polar surface area (TPSA) is 75.8 Å². The van der Waals surface area contributed by atoms with Crippen LogP contribution in [0.25, 0.3) is 0 Å². The molecule has 0 amide bonds. The lowest BCUT2D eigenvalue weighted by atomic mass is 9.86. The Morgan fingerprint density at radius 1 is 1.52 bits per heavy atom. The Labute approximate surface area is 123 Å². The van der Waals surface area contributed by atoms with Crippen LogP contribution in [0.15, 0.2) is 9.41 Å². The average molecular weight is 289 g/mol. The van der Waals surface area contributed by atoms with Gasteiger partial charge in [-0.3, -0.25) is 10.2 Å². The number of ether oxygens (including phenoxy) is 1. The molecule has 2 bridgehead atoms. The van der Waals surface area contributed by atoms with Crippen molar-refractivity contribution in [1.29, 1.82) is 0 Å². The second kappa shape index (κ2) is 6.14. The summed E-state index contributed by atoms with van der Waals surface area (Å²) < 4.78 is 11.3. The standard InChI is InChI=1S/C14H19N5O2/c1-3-12-17-18-14(21-12)16-13(15-4-2)20-11-9-19-7-5-10(11)6-8-19/h2,10-11H,3,5-9H2,1H3,(H,15,16,18). The number of piperidine rings is 3. The maximum absolute atomic E-state index is 5.94. The number of rotatable bonds is 3. The quantitative estimate of drug-likeness (QED) is 0.510. The third-order valence-corrected chi connectivity index (χ3v) is 4.01. The first-order valence-corrected chi connectivity index (χ1v) is 7.30. The van der Waals surface area contributed by atoms with Crippen LogP contribution >= 0.6 is 0 Å². The van der Waals surface area contributed by atoms with Crippen molar-refractivity contribution in [3.8, 4) is 12.5 Å². The minimum atomic E-state index is 0.112. The lowest BCUT2D eigenvalue weighted by Gasteiger charge is -2.44. The Bertz CT molecular complexity index is 554. The predicted molar refractivity (Wildman–Crippen MR) is 77.6 cm³/mol. The number of nitrogens with one attached hydrogen (secondary N) is 1. The van der Waals surface area contributed by atoms with E-state index in [1.807, 2.05) is 6.92 Å². The van der Waals surface area contributed by atoms with Gasteiger partial charge in [0.1, 0.15) is 6.10 Å². The molecule has 0 radical (unpaired) electrons. The Hall–Kier alpha value is -2.07. The van der Waals surface area contributed by atoms with Crippen LogP contribution in [-0.2, 0) is 11.2 Å². The third kappa shape index (κ3) is 3.16. The molecule has 1 aromatic rings. The van der Waals surface area contributed by atoms with Gasteiger partial charge in [0.15, 0.2) is 0 Å². The zero-order chi connectivity index (χ0) is 14.7. The lowest BCUT2D eigenvalue weighted by Crippen LogP contribution is -2.52. The van der Waals surface area contributed by atoms with Crippen LogP contribution in [0.3, 0.4) is 0 Å². The van der Waals surface area contributed by atoms with E-state index in [1.54, 1.807) is 0 Å². The van der Waals surface area contributed by atoms with Gasteiger partial charge in [0, 0.05) is 19.0 Å².